The van der Waals surface area contributed by atoms with Crippen LogP contribution in [0.4, 0.5) is 0 Å². The van der Waals surface area contributed by atoms with Gasteiger partial charge in [-0.05, 0) is 24.3 Å². The molecular formula is C21H29NO5. The lowest BCUT2D eigenvalue weighted by atomic mass is 10.0. The molecule has 0 aromatic heterocycles. The van der Waals surface area contributed by atoms with Crippen LogP contribution in [0.2, 0.25) is 0 Å². The van der Waals surface area contributed by atoms with Crippen LogP contribution in [0.3, 0.4) is 0 Å². The third kappa shape index (κ3) is 5.55. The van der Waals surface area contributed by atoms with Gasteiger partial charge >= 0.3 is 11.9 Å². The maximum atomic E-state index is 12.9. The number of ether oxygens (including phenoxy) is 2. The fourth-order valence-electron chi connectivity index (χ4n) is 3.31. The van der Waals surface area contributed by atoms with E-state index in [1.54, 1.807) is 4.90 Å². The molecule has 3 atom stereocenters. The summed E-state index contributed by atoms with van der Waals surface area (Å²) < 4.78 is 10.4. The van der Waals surface area contributed by atoms with Crippen LogP contribution < -0.4 is 0 Å². The lowest BCUT2D eigenvalue weighted by Gasteiger charge is -2.29. The molecular weight excluding hydrogens is 346 g/mol. The van der Waals surface area contributed by atoms with Crippen molar-refractivity contribution in [1.29, 1.82) is 0 Å². The number of benzene rings is 1. The van der Waals surface area contributed by atoms with E-state index in [2.05, 4.69) is 0 Å². The fourth-order valence-corrected chi connectivity index (χ4v) is 3.31. The molecule has 1 aromatic carbocycles. The molecule has 148 valence electrons. The van der Waals surface area contributed by atoms with Gasteiger partial charge in [0.2, 0.25) is 12.0 Å². The maximum absolute atomic E-state index is 12.9. The highest BCUT2D eigenvalue weighted by Crippen LogP contribution is 2.24. The highest BCUT2D eigenvalue weighted by Gasteiger charge is 2.39. The van der Waals surface area contributed by atoms with Crippen LogP contribution in [-0.4, -0.2) is 48.5 Å². The van der Waals surface area contributed by atoms with Crippen LogP contribution >= 0.6 is 0 Å². The zero-order valence-electron chi connectivity index (χ0n) is 16.5. The number of esters is 2. The van der Waals surface area contributed by atoms with Crippen LogP contribution in [0.25, 0.3) is 0 Å². The van der Waals surface area contributed by atoms with Crippen molar-refractivity contribution in [2.45, 2.75) is 52.2 Å². The molecule has 1 heterocycles. The SMILES string of the molecule is COC(=O)C(Cc1ccccc1)OC(=O)C(CC(C)C)N1CC[C@@H](C)C1=O. The molecule has 1 amide bonds. The Balaban J connectivity index is 2.16. The molecule has 1 aliphatic heterocycles. The minimum absolute atomic E-state index is 0.0322. The zero-order valence-corrected chi connectivity index (χ0v) is 16.5. The van der Waals surface area contributed by atoms with Crippen LogP contribution in [-0.2, 0) is 30.3 Å². The first kappa shape index (κ1) is 20.9. The Bertz CT molecular complexity index is 658. The summed E-state index contributed by atoms with van der Waals surface area (Å²) >= 11 is 0. The Morgan fingerprint density at radius 3 is 2.37 bits per heavy atom. The summed E-state index contributed by atoms with van der Waals surface area (Å²) in [5.41, 5.74) is 0.868. The predicted molar refractivity (Wildman–Crippen MR) is 101 cm³/mol. The van der Waals surface area contributed by atoms with Crippen LogP contribution in [0.15, 0.2) is 30.3 Å². The molecule has 0 saturated carbocycles. The highest BCUT2D eigenvalue weighted by molar-refractivity contribution is 5.88. The number of methoxy groups -OCH3 is 1. The first-order chi connectivity index (χ1) is 12.8. The summed E-state index contributed by atoms with van der Waals surface area (Å²) in [7, 11) is 1.27. The Morgan fingerprint density at radius 1 is 1.19 bits per heavy atom. The molecule has 0 bridgehead atoms. The van der Waals surface area contributed by atoms with E-state index in [1.165, 1.54) is 7.11 Å². The average Bonchev–Trinajstić information content (AvgIpc) is 2.98. The highest BCUT2D eigenvalue weighted by atomic mass is 16.6. The minimum atomic E-state index is -1.03. The molecule has 0 spiro atoms. The second-order valence-electron chi connectivity index (χ2n) is 7.51. The Labute approximate surface area is 160 Å². The summed E-state index contributed by atoms with van der Waals surface area (Å²) in [6.07, 6.45) is 0.425. The quantitative estimate of drug-likeness (QED) is 0.653. The number of hydrogen-bond donors (Lipinski definition) is 0. The van der Waals surface area contributed by atoms with E-state index in [-0.39, 0.29) is 24.2 Å². The first-order valence-electron chi connectivity index (χ1n) is 9.46. The predicted octanol–water partition coefficient (Wildman–Crippen LogP) is 2.60. The van der Waals surface area contributed by atoms with Gasteiger partial charge < -0.3 is 14.4 Å². The number of carbonyl (C=O) groups excluding carboxylic acids is 3. The van der Waals surface area contributed by atoms with E-state index in [4.69, 9.17) is 9.47 Å². The second kappa shape index (κ2) is 9.53. The molecule has 6 nitrogen and oxygen atoms in total. The average molecular weight is 375 g/mol. The summed E-state index contributed by atoms with van der Waals surface area (Å²) in [5.74, 6) is -1.06. The lowest BCUT2D eigenvalue weighted by molar-refractivity contribution is -0.170. The van der Waals surface area contributed by atoms with E-state index < -0.39 is 24.1 Å². The number of rotatable bonds is 8. The number of hydrogen-bond acceptors (Lipinski definition) is 5. The lowest BCUT2D eigenvalue weighted by Crippen LogP contribution is -2.46. The summed E-state index contributed by atoms with van der Waals surface area (Å²) in [6.45, 7) is 6.39. The van der Waals surface area contributed by atoms with Crippen molar-refractivity contribution in [3.05, 3.63) is 35.9 Å². The largest absolute Gasteiger partial charge is 0.466 e. The molecule has 1 aromatic rings. The topological polar surface area (TPSA) is 72.9 Å². The van der Waals surface area contributed by atoms with Crippen LogP contribution in [0, 0.1) is 11.8 Å². The van der Waals surface area contributed by atoms with Gasteiger partial charge in [-0.3, -0.25) is 4.79 Å². The number of amides is 1. The van der Waals surface area contributed by atoms with E-state index in [0.717, 1.165) is 12.0 Å². The molecule has 27 heavy (non-hydrogen) atoms. The van der Waals surface area contributed by atoms with Gasteiger partial charge in [0.25, 0.3) is 0 Å². The first-order valence-corrected chi connectivity index (χ1v) is 9.46. The van der Waals surface area contributed by atoms with Gasteiger partial charge in [0, 0.05) is 18.9 Å². The third-order valence-electron chi connectivity index (χ3n) is 4.84. The number of carbonyl (C=O) groups is 3. The van der Waals surface area contributed by atoms with Crippen molar-refractivity contribution in [3.8, 4) is 0 Å². The zero-order chi connectivity index (χ0) is 20.0. The Hall–Kier alpha value is -2.37. The Morgan fingerprint density at radius 2 is 1.85 bits per heavy atom. The van der Waals surface area contributed by atoms with Crippen molar-refractivity contribution < 1.29 is 23.9 Å². The van der Waals surface area contributed by atoms with E-state index in [1.807, 2.05) is 51.1 Å². The Kier molecular flexibility index (Phi) is 7.39. The van der Waals surface area contributed by atoms with Crippen molar-refractivity contribution >= 4 is 17.8 Å². The van der Waals surface area contributed by atoms with E-state index in [0.29, 0.717) is 13.0 Å². The van der Waals surface area contributed by atoms with Gasteiger partial charge in [-0.15, -0.1) is 0 Å². The standard InChI is InChI=1S/C21H29NO5/c1-14(2)12-17(22-11-10-15(3)19(22)23)20(24)27-18(21(25)26-4)13-16-8-6-5-7-9-16/h5-9,14-15,17-18H,10-13H2,1-4H3/t15-,17?,18?/m1/s1. The van der Waals surface area contributed by atoms with Crippen LogP contribution in [0.5, 0.6) is 0 Å². The minimum Gasteiger partial charge on any atom is -0.466 e. The van der Waals surface area contributed by atoms with Gasteiger partial charge in [-0.25, -0.2) is 9.59 Å². The molecule has 6 heteroatoms. The van der Waals surface area contributed by atoms with Crippen molar-refractivity contribution in [3.63, 3.8) is 0 Å². The third-order valence-corrected chi connectivity index (χ3v) is 4.84. The molecule has 2 unspecified atom stereocenters. The summed E-state index contributed by atoms with van der Waals surface area (Å²) in [5, 5.41) is 0. The second-order valence-corrected chi connectivity index (χ2v) is 7.51. The molecule has 2 rings (SSSR count). The van der Waals surface area contributed by atoms with Crippen LogP contribution in [0.1, 0.15) is 39.2 Å². The monoisotopic (exact) mass is 375 g/mol. The number of nitrogens with zero attached hydrogens (tertiary/aromatic N) is 1. The molecule has 1 fully saturated rings. The van der Waals surface area contributed by atoms with E-state index >= 15 is 0 Å². The smallest absolute Gasteiger partial charge is 0.347 e. The van der Waals surface area contributed by atoms with Crippen molar-refractivity contribution in [1.82, 2.24) is 4.90 Å². The molecule has 0 N–H and O–H groups in total. The summed E-state index contributed by atoms with van der Waals surface area (Å²) in [4.78, 5) is 39.1. The summed E-state index contributed by atoms with van der Waals surface area (Å²) in [6, 6.07) is 8.64. The number of likely N-dealkylation sites (tertiary alicyclic amines) is 1. The molecule has 0 aliphatic carbocycles. The maximum Gasteiger partial charge on any atom is 0.347 e. The molecule has 0 radical (unpaired) electrons. The van der Waals surface area contributed by atoms with Gasteiger partial charge in [0.1, 0.15) is 6.04 Å². The van der Waals surface area contributed by atoms with Gasteiger partial charge in [-0.1, -0.05) is 51.1 Å². The van der Waals surface area contributed by atoms with Crippen molar-refractivity contribution in [2.24, 2.45) is 11.8 Å². The fraction of sp³-hybridized carbons (Fsp3) is 0.571. The molecule has 1 aliphatic rings. The molecule has 1 saturated heterocycles. The van der Waals surface area contributed by atoms with Gasteiger partial charge in [0.15, 0.2) is 0 Å². The van der Waals surface area contributed by atoms with Crippen molar-refractivity contribution in [2.75, 3.05) is 13.7 Å². The van der Waals surface area contributed by atoms with Gasteiger partial charge in [-0.2, -0.15) is 0 Å². The normalized spacial score (nSPS) is 19.1. The van der Waals surface area contributed by atoms with Gasteiger partial charge in [0.05, 0.1) is 7.11 Å². The van der Waals surface area contributed by atoms with E-state index in [9.17, 15) is 14.4 Å².